The van der Waals surface area contributed by atoms with Gasteiger partial charge in [0, 0.05) is 50.6 Å². The summed E-state index contributed by atoms with van der Waals surface area (Å²) in [6, 6.07) is 6.04. The van der Waals surface area contributed by atoms with Crippen molar-refractivity contribution in [1.82, 2.24) is 19.6 Å². The molecule has 0 saturated heterocycles. The van der Waals surface area contributed by atoms with E-state index in [0.29, 0.717) is 13.2 Å². The second-order valence-corrected chi connectivity index (χ2v) is 7.42. The molecule has 25 heavy (non-hydrogen) atoms. The molecule has 1 aromatic carbocycles. The summed E-state index contributed by atoms with van der Waals surface area (Å²) in [5.74, 6) is 0.915. The molecular formula is C19H28N4O2. The van der Waals surface area contributed by atoms with Crippen LogP contribution in [0.25, 0.3) is 0 Å². The first-order chi connectivity index (χ1) is 11.8. The minimum atomic E-state index is -0.890. The van der Waals surface area contributed by atoms with Gasteiger partial charge in [0.25, 0.3) is 0 Å². The number of fused-ring (bicyclic) bond motifs is 1. The lowest BCUT2D eigenvalue weighted by Gasteiger charge is -2.28. The Morgan fingerprint density at radius 1 is 1.36 bits per heavy atom. The van der Waals surface area contributed by atoms with E-state index in [1.165, 1.54) is 5.56 Å². The Morgan fingerprint density at radius 3 is 2.84 bits per heavy atom. The van der Waals surface area contributed by atoms with Gasteiger partial charge in [-0.1, -0.05) is 6.07 Å². The molecule has 1 unspecified atom stereocenters. The molecule has 0 amide bonds. The average molecular weight is 344 g/mol. The van der Waals surface area contributed by atoms with Gasteiger partial charge in [0.1, 0.15) is 12.4 Å². The van der Waals surface area contributed by atoms with Gasteiger partial charge in [-0.3, -0.25) is 9.58 Å². The van der Waals surface area contributed by atoms with E-state index in [9.17, 15) is 5.11 Å². The van der Waals surface area contributed by atoms with E-state index in [0.717, 1.165) is 36.5 Å². The van der Waals surface area contributed by atoms with Gasteiger partial charge in [0.05, 0.1) is 11.8 Å². The maximum Gasteiger partial charge on any atom is 0.123 e. The van der Waals surface area contributed by atoms with Gasteiger partial charge in [0.2, 0.25) is 0 Å². The van der Waals surface area contributed by atoms with Crippen LogP contribution in [-0.2, 0) is 25.7 Å². The van der Waals surface area contributed by atoms with Crippen LogP contribution in [0.3, 0.4) is 0 Å². The Balaban J connectivity index is 1.80. The molecule has 6 nitrogen and oxygen atoms in total. The molecule has 1 aliphatic rings. The van der Waals surface area contributed by atoms with E-state index in [1.807, 2.05) is 62.2 Å². The van der Waals surface area contributed by atoms with Crippen molar-refractivity contribution in [1.29, 1.82) is 0 Å². The fraction of sp³-hybridized carbons (Fsp3) is 0.526. The van der Waals surface area contributed by atoms with Gasteiger partial charge in [-0.15, -0.1) is 0 Å². The van der Waals surface area contributed by atoms with Crippen molar-refractivity contribution in [2.24, 2.45) is 7.05 Å². The zero-order valence-corrected chi connectivity index (χ0v) is 15.6. The fourth-order valence-electron chi connectivity index (χ4n) is 3.44. The Hall–Kier alpha value is -1.89. The molecular weight excluding hydrogens is 316 g/mol. The lowest BCUT2D eigenvalue weighted by Crippen LogP contribution is -2.34. The average Bonchev–Trinajstić information content (AvgIpc) is 2.81. The van der Waals surface area contributed by atoms with Gasteiger partial charge in [-0.2, -0.15) is 5.10 Å². The molecule has 2 aromatic rings. The van der Waals surface area contributed by atoms with E-state index >= 15 is 0 Å². The first-order valence-electron chi connectivity index (χ1n) is 8.67. The summed E-state index contributed by atoms with van der Waals surface area (Å²) in [5, 5.41) is 15.1. The summed E-state index contributed by atoms with van der Waals surface area (Å²) in [7, 11) is 5.87. The smallest absolute Gasteiger partial charge is 0.123 e. The van der Waals surface area contributed by atoms with Crippen molar-refractivity contribution in [2.75, 3.05) is 33.8 Å². The molecule has 1 aromatic heterocycles. The summed E-state index contributed by atoms with van der Waals surface area (Å²) in [6.07, 6.45) is 3.95. The number of rotatable bonds is 5. The van der Waals surface area contributed by atoms with Crippen LogP contribution in [0.1, 0.15) is 23.6 Å². The van der Waals surface area contributed by atoms with Crippen LogP contribution in [0.2, 0.25) is 0 Å². The molecule has 0 bridgehead atoms. The lowest BCUT2D eigenvalue weighted by molar-refractivity contribution is 0.0299. The molecule has 1 N–H and O–H groups in total. The van der Waals surface area contributed by atoms with Crippen LogP contribution >= 0.6 is 0 Å². The first kappa shape index (κ1) is 17.9. The van der Waals surface area contributed by atoms with Crippen LogP contribution in [0, 0.1) is 0 Å². The van der Waals surface area contributed by atoms with Crippen LogP contribution in [-0.4, -0.2) is 58.5 Å². The normalized spacial score (nSPS) is 17.7. The molecule has 1 aliphatic heterocycles. The number of benzene rings is 1. The highest BCUT2D eigenvalue weighted by atomic mass is 16.5. The lowest BCUT2D eigenvalue weighted by atomic mass is 9.93. The van der Waals surface area contributed by atoms with E-state index in [4.69, 9.17) is 4.74 Å². The third-order valence-electron chi connectivity index (χ3n) is 4.53. The third-order valence-corrected chi connectivity index (χ3v) is 4.53. The molecule has 0 radical (unpaired) electrons. The summed E-state index contributed by atoms with van der Waals surface area (Å²) in [5.41, 5.74) is 2.35. The highest BCUT2D eigenvalue weighted by molar-refractivity contribution is 5.40. The number of aromatic nitrogens is 2. The SMILES string of the molecule is CN(C)CC(C)(O)c1ccc2c(c1)CN(Cc1cnn(C)c1)CCO2. The summed E-state index contributed by atoms with van der Waals surface area (Å²) in [4.78, 5) is 4.35. The maximum absolute atomic E-state index is 10.8. The second-order valence-electron chi connectivity index (χ2n) is 7.42. The van der Waals surface area contributed by atoms with Crippen molar-refractivity contribution in [3.05, 3.63) is 47.3 Å². The molecule has 1 atom stereocenters. The van der Waals surface area contributed by atoms with Gasteiger partial charge < -0.3 is 14.7 Å². The fourth-order valence-corrected chi connectivity index (χ4v) is 3.44. The van der Waals surface area contributed by atoms with E-state index < -0.39 is 5.60 Å². The topological polar surface area (TPSA) is 53.8 Å². The predicted molar refractivity (Wildman–Crippen MR) is 97.4 cm³/mol. The van der Waals surface area contributed by atoms with Crippen molar-refractivity contribution in [3.8, 4) is 5.75 Å². The van der Waals surface area contributed by atoms with Gasteiger partial charge in [-0.25, -0.2) is 0 Å². The predicted octanol–water partition coefficient (Wildman–Crippen LogP) is 1.58. The van der Waals surface area contributed by atoms with Crippen LogP contribution < -0.4 is 4.74 Å². The van der Waals surface area contributed by atoms with E-state index in [-0.39, 0.29) is 0 Å². The number of aryl methyl sites for hydroxylation is 1. The minimum absolute atomic E-state index is 0.575. The number of hydrogen-bond donors (Lipinski definition) is 1. The number of ether oxygens (including phenoxy) is 1. The number of likely N-dealkylation sites (N-methyl/N-ethyl adjacent to an activating group) is 1. The van der Waals surface area contributed by atoms with Crippen molar-refractivity contribution >= 4 is 0 Å². The van der Waals surface area contributed by atoms with Crippen molar-refractivity contribution < 1.29 is 9.84 Å². The third kappa shape index (κ3) is 4.39. The number of nitrogens with zero attached hydrogens (tertiary/aromatic N) is 4. The van der Waals surface area contributed by atoms with E-state index in [2.05, 4.69) is 16.1 Å². The Labute approximate surface area is 149 Å². The van der Waals surface area contributed by atoms with Gasteiger partial charge in [0.15, 0.2) is 0 Å². The number of aliphatic hydroxyl groups is 1. The zero-order valence-electron chi connectivity index (χ0n) is 15.6. The molecule has 0 saturated carbocycles. The molecule has 6 heteroatoms. The number of hydrogen-bond acceptors (Lipinski definition) is 5. The summed E-state index contributed by atoms with van der Waals surface area (Å²) >= 11 is 0. The van der Waals surface area contributed by atoms with Crippen LogP contribution in [0.4, 0.5) is 0 Å². The Kier molecular flexibility index (Phi) is 5.13. The van der Waals surface area contributed by atoms with Gasteiger partial charge >= 0.3 is 0 Å². The van der Waals surface area contributed by atoms with Crippen LogP contribution in [0.5, 0.6) is 5.75 Å². The van der Waals surface area contributed by atoms with Gasteiger partial charge in [-0.05, 0) is 38.7 Å². The molecule has 0 aliphatic carbocycles. The van der Waals surface area contributed by atoms with Crippen LogP contribution in [0.15, 0.2) is 30.6 Å². The molecule has 0 spiro atoms. The zero-order chi connectivity index (χ0) is 18.0. The van der Waals surface area contributed by atoms with Crippen molar-refractivity contribution in [2.45, 2.75) is 25.6 Å². The second kappa shape index (κ2) is 7.15. The van der Waals surface area contributed by atoms with Crippen molar-refractivity contribution in [3.63, 3.8) is 0 Å². The Morgan fingerprint density at radius 2 is 2.16 bits per heavy atom. The Bertz CT molecular complexity index is 724. The summed E-state index contributed by atoms with van der Waals surface area (Å²) in [6.45, 7) is 5.62. The minimum Gasteiger partial charge on any atom is -0.492 e. The largest absolute Gasteiger partial charge is 0.492 e. The molecule has 3 rings (SSSR count). The highest BCUT2D eigenvalue weighted by Gasteiger charge is 2.26. The van der Waals surface area contributed by atoms with E-state index in [1.54, 1.807) is 0 Å². The monoisotopic (exact) mass is 344 g/mol. The molecule has 0 fully saturated rings. The standard InChI is InChI=1S/C19H28N4O2/c1-19(24,14-21(2)3)17-5-6-18-16(9-17)13-23(7-8-25-18)12-15-10-20-22(4)11-15/h5-6,9-11,24H,7-8,12-14H2,1-4H3. The first-order valence-corrected chi connectivity index (χ1v) is 8.67. The molecule has 2 heterocycles. The maximum atomic E-state index is 10.8. The summed E-state index contributed by atoms with van der Waals surface area (Å²) < 4.78 is 7.74. The molecule has 136 valence electrons. The quantitative estimate of drug-likeness (QED) is 0.893. The highest BCUT2D eigenvalue weighted by Crippen LogP contribution is 2.30.